The van der Waals surface area contributed by atoms with Crippen LogP contribution in [0.1, 0.15) is 12.8 Å². The van der Waals surface area contributed by atoms with Gasteiger partial charge in [0.1, 0.15) is 6.04 Å². The van der Waals surface area contributed by atoms with E-state index in [0.717, 1.165) is 0 Å². The zero-order valence-corrected chi connectivity index (χ0v) is 13.4. The van der Waals surface area contributed by atoms with Crippen LogP contribution in [0.2, 0.25) is 0 Å². The summed E-state index contributed by atoms with van der Waals surface area (Å²) in [5.41, 5.74) is 21.2. The summed E-state index contributed by atoms with van der Waals surface area (Å²) in [5, 5.41) is 4.53. The third-order valence-corrected chi connectivity index (χ3v) is 3.30. The minimum absolute atomic E-state index is 0.00687. The number of urea groups is 1. The Hall–Kier alpha value is -2.89. The van der Waals surface area contributed by atoms with Gasteiger partial charge in [0.05, 0.1) is 6.54 Å². The van der Waals surface area contributed by atoms with Crippen molar-refractivity contribution in [2.45, 2.75) is 24.9 Å². The van der Waals surface area contributed by atoms with E-state index in [1.165, 1.54) is 11.9 Å². The molecule has 24 heavy (non-hydrogen) atoms. The van der Waals surface area contributed by atoms with Crippen LogP contribution in [0, 0.1) is 0 Å². The summed E-state index contributed by atoms with van der Waals surface area (Å²) in [6.45, 7) is 0.323. The Morgan fingerprint density at radius 2 is 2.12 bits per heavy atom. The SMILES string of the molecule is CN(C(=O)C[C@@H](N)CCN=C(N)N)C1CN=C(NC(N)=O)NC1=O. The fourth-order valence-corrected chi connectivity index (χ4v) is 1.99. The van der Waals surface area contributed by atoms with E-state index in [1.807, 2.05) is 0 Å². The predicted molar refractivity (Wildman–Crippen MR) is 87.6 cm³/mol. The maximum atomic E-state index is 12.2. The van der Waals surface area contributed by atoms with Crippen molar-refractivity contribution in [2.75, 3.05) is 20.1 Å². The Morgan fingerprint density at radius 1 is 1.46 bits per heavy atom. The Bertz CT molecular complexity index is 556. The van der Waals surface area contributed by atoms with Crippen molar-refractivity contribution in [3.05, 3.63) is 0 Å². The van der Waals surface area contributed by atoms with E-state index in [2.05, 4.69) is 20.6 Å². The Labute approximate surface area is 138 Å². The molecule has 4 amide bonds. The molecule has 134 valence electrons. The summed E-state index contributed by atoms with van der Waals surface area (Å²) in [6, 6.07) is -2.07. The molecule has 0 saturated heterocycles. The summed E-state index contributed by atoms with van der Waals surface area (Å²) < 4.78 is 0. The second kappa shape index (κ2) is 8.67. The normalized spacial score (nSPS) is 18.0. The number of hydrogen-bond acceptors (Lipinski definition) is 6. The largest absolute Gasteiger partial charge is 0.370 e. The van der Waals surface area contributed by atoms with Crippen molar-refractivity contribution in [1.29, 1.82) is 0 Å². The molecule has 2 atom stereocenters. The van der Waals surface area contributed by atoms with Gasteiger partial charge in [-0.05, 0) is 6.42 Å². The molecule has 1 aliphatic heterocycles. The Balaban J connectivity index is 2.54. The van der Waals surface area contributed by atoms with Gasteiger partial charge in [0, 0.05) is 26.1 Å². The van der Waals surface area contributed by atoms with Gasteiger partial charge in [-0.2, -0.15) is 0 Å². The van der Waals surface area contributed by atoms with Crippen LogP contribution in [-0.2, 0) is 9.59 Å². The van der Waals surface area contributed by atoms with Gasteiger partial charge in [0.15, 0.2) is 5.96 Å². The summed E-state index contributed by atoms with van der Waals surface area (Å²) in [6.07, 6.45) is 0.468. The number of carbonyl (C=O) groups is 3. The zero-order valence-electron chi connectivity index (χ0n) is 13.4. The number of hydrogen-bond donors (Lipinski definition) is 6. The average Bonchev–Trinajstić information content (AvgIpc) is 2.45. The lowest BCUT2D eigenvalue weighted by atomic mass is 10.1. The fourth-order valence-electron chi connectivity index (χ4n) is 1.99. The Morgan fingerprint density at radius 3 is 2.67 bits per heavy atom. The highest BCUT2D eigenvalue weighted by Crippen LogP contribution is 2.07. The number of nitrogens with two attached hydrogens (primary N) is 4. The minimum Gasteiger partial charge on any atom is -0.370 e. The van der Waals surface area contributed by atoms with Gasteiger partial charge in [-0.1, -0.05) is 0 Å². The topological polar surface area (TPSA) is 207 Å². The van der Waals surface area contributed by atoms with Gasteiger partial charge in [0.25, 0.3) is 5.91 Å². The molecule has 0 aromatic rings. The molecule has 0 aromatic carbocycles. The van der Waals surface area contributed by atoms with Crippen LogP contribution in [-0.4, -0.2) is 66.9 Å². The van der Waals surface area contributed by atoms with E-state index < -0.39 is 24.0 Å². The molecule has 1 aliphatic rings. The van der Waals surface area contributed by atoms with Crippen LogP contribution in [0.5, 0.6) is 0 Å². The highest BCUT2D eigenvalue weighted by molar-refractivity contribution is 6.07. The van der Waals surface area contributed by atoms with Crippen LogP contribution >= 0.6 is 0 Å². The second-order valence-corrected chi connectivity index (χ2v) is 5.25. The van der Waals surface area contributed by atoms with Crippen molar-refractivity contribution in [3.63, 3.8) is 0 Å². The van der Waals surface area contributed by atoms with Crippen LogP contribution in [0.3, 0.4) is 0 Å². The first kappa shape index (κ1) is 19.2. The second-order valence-electron chi connectivity index (χ2n) is 5.25. The molecule has 1 heterocycles. The Kier molecular flexibility index (Phi) is 6.92. The third-order valence-electron chi connectivity index (χ3n) is 3.30. The number of nitrogens with one attached hydrogen (secondary N) is 2. The highest BCUT2D eigenvalue weighted by atomic mass is 16.2. The van der Waals surface area contributed by atoms with E-state index in [4.69, 9.17) is 22.9 Å². The zero-order chi connectivity index (χ0) is 18.3. The highest BCUT2D eigenvalue weighted by Gasteiger charge is 2.31. The maximum Gasteiger partial charge on any atom is 0.318 e. The molecule has 0 spiro atoms. The number of primary amides is 1. The molecule has 0 radical (unpaired) electrons. The predicted octanol–water partition coefficient (Wildman–Crippen LogP) is -3.65. The molecule has 0 aromatic heterocycles. The molecule has 0 aliphatic carbocycles. The van der Waals surface area contributed by atoms with E-state index in [-0.39, 0.29) is 30.8 Å². The van der Waals surface area contributed by atoms with E-state index in [1.54, 1.807) is 0 Å². The molecule has 12 heteroatoms. The number of likely N-dealkylation sites (N-methyl/N-ethyl adjacent to an activating group) is 1. The first-order chi connectivity index (χ1) is 11.2. The number of rotatable bonds is 6. The van der Waals surface area contributed by atoms with Crippen molar-refractivity contribution >= 4 is 29.8 Å². The van der Waals surface area contributed by atoms with Gasteiger partial charge in [-0.25, -0.2) is 9.79 Å². The molecule has 0 fully saturated rings. The first-order valence-electron chi connectivity index (χ1n) is 7.19. The molecule has 12 nitrogen and oxygen atoms in total. The van der Waals surface area contributed by atoms with Crippen LogP contribution in [0.25, 0.3) is 0 Å². The average molecular weight is 341 g/mol. The van der Waals surface area contributed by atoms with E-state index in [0.29, 0.717) is 13.0 Å². The molecule has 0 bridgehead atoms. The summed E-state index contributed by atoms with van der Waals surface area (Å²) in [7, 11) is 1.48. The summed E-state index contributed by atoms with van der Waals surface area (Å²) >= 11 is 0. The number of guanidine groups is 2. The fraction of sp³-hybridized carbons (Fsp3) is 0.583. The molecule has 1 rings (SSSR count). The summed E-state index contributed by atoms with van der Waals surface area (Å²) in [4.78, 5) is 43.9. The van der Waals surface area contributed by atoms with Gasteiger partial charge in [-0.15, -0.1) is 0 Å². The molecule has 0 saturated carbocycles. The van der Waals surface area contributed by atoms with Crippen molar-refractivity contribution in [1.82, 2.24) is 15.5 Å². The van der Waals surface area contributed by atoms with Gasteiger partial charge in [0.2, 0.25) is 11.9 Å². The van der Waals surface area contributed by atoms with Gasteiger partial charge >= 0.3 is 6.03 Å². The number of aliphatic imine (C=N–C) groups is 2. The minimum atomic E-state index is -0.844. The molecule has 1 unspecified atom stereocenters. The van der Waals surface area contributed by atoms with Crippen LogP contribution in [0.15, 0.2) is 9.98 Å². The van der Waals surface area contributed by atoms with Crippen molar-refractivity contribution < 1.29 is 14.4 Å². The number of amides is 4. The first-order valence-corrected chi connectivity index (χ1v) is 7.19. The van der Waals surface area contributed by atoms with E-state index in [9.17, 15) is 14.4 Å². The molecule has 10 N–H and O–H groups in total. The smallest absolute Gasteiger partial charge is 0.318 e. The van der Waals surface area contributed by atoms with Crippen LogP contribution in [0.4, 0.5) is 4.79 Å². The lowest BCUT2D eigenvalue weighted by Crippen LogP contribution is -2.58. The standard InChI is InChI=1S/C12H23N9O3/c1-21(8(22)4-6(13)2-3-17-10(14)15)7-5-18-12(19-9(7)23)20-11(16)24/h6-7H,2-5,13H2,1H3,(H4,14,15,17)(H4,16,18,19,20,23,24)/t6-,7?/m0/s1. The quantitative estimate of drug-likeness (QED) is 0.212. The van der Waals surface area contributed by atoms with Crippen molar-refractivity contribution in [2.24, 2.45) is 32.9 Å². The number of carbonyl (C=O) groups excluding carboxylic acids is 3. The molecular weight excluding hydrogens is 318 g/mol. The van der Waals surface area contributed by atoms with Crippen LogP contribution < -0.4 is 33.6 Å². The molecular formula is C12H23N9O3. The lowest BCUT2D eigenvalue weighted by molar-refractivity contribution is -0.138. The summed E-state index contributed by atoms with van der Waals surface area (Å²) in [5.74, 6) is -0.867. The third kappa shape index (κ3) is 6.08. The number of nitrogens with zero attached hydrogens (tertiary/aromatic N) is 3. The van der Waals surface area contributed by atoms with Crippen molar-refractivity contribution in [3.8, 4) is 0 Å². The monoisotopic (exact) mass is 341 g/mol. The van der Waals surface area contributed by atoms with E-state index >= 15 is 0 Å². The lowest BCUT2D eigenvalue weighted by Gasteiger charge is -2.29. The van der Waals surface area contributed by atoms with Gasteiger partial charge < -0.3 is 27.8 Å². The van der Waals surface area contributed by atoms with Gasteiger partial charge in [-0.3, -0.25) is 25.2 Å². The maximum absolute atomic E-state index is 12.2.